The van der Waals surface area contributed by atoms with Gasteiger partial charge >= 0.3 is 0 Å². The van der Waals surface area contributed by atoms with E-state index in [0.29, 0.717) is 18.0 Å². The normalized spacial score (nSPS) is 29.5. The van der Waals surface area contributed by atoms with E-state index >= 15 is 0 Å². The predicted octanol–water partition coefficient (Wildman–Crippen LogP) is 3.59. The Morgan fingerprint density at radius 2 is 2.22 bits per heavy atom. The topological polar surface area (TPSA) is 29.1 Å². The number of halogens is 1. The molecular weight excluding hydrogens is 229 g/mol. The van der Waals surface area contributed by atoms with Gasteiger partial charge in [-0.05, 0) is 55.2 Å². The van der Waals surface area contributed by atoms with Crippen LogP contribution in [0.3, 0.4) is 0 Å². The summed E-state index contributed by atoms with van der Waals surface area (Å²) in [6, 6.07) is 6.08. The average Bonchev–Trinajstić information content (AvgIpc) is 2.90. The van der Waals surface area contributed by atoms with Gasteiger partial charge in [-0.2, -0.15) is 0 Å². The lowest BCUT2D eigenvalue weighted by Gasteiger charge is -2.20. The highest BCUT2D eigenvalue weighted by atomic mass is 19.1. The largest absolute Gasteiger partial charge is 0.326 e. The molecule has 0 aromatic heterocycles. The van der Waals surface area contributed by atoms with Gasteiger partial charge in [-0.1, -0.05) is 12.5 Å². The highest BCUT2D eigenvalue weighted by Gasteiger charge is 2.40. The van der Waals surface area contributed by atoms with E-state index in [1.807, 2.05) is 0 Å². The van der Waals surface area contributed by atoms with Crippen molar-refractivity contribution in [3.63, 3.8) is 0 Å². The van der Waals surface area contributed by atoms with Gasteiger partial charge in [0.1, 0.15) is 5.82 Å². The van der Waals surface area contributed by atoms with Crippen molar-refractivity contribution in [1.82, 2.24) is 0 Å². The molecule has 3 rings (SSSR count). The molecule has 1 amide bonds. The second-order valence-electron chi connectivity index (χ2n) is 5.70. The van der Waals surface area contributed by atoms with Gasteiger partial charge in [0.2, 0.25) is 5.91 Å². The Kier molecular flexibility index (Phi) is 3.06. The molecule has 2 fully saturated rings. The van der Waals surface area contributed by atoms with Gasteiger partial charge in [0, 0.05) is 12.1 Å². The van der Waals surface area contributed by atoms with Crippen molar-refractivity contribution in [3.05, 3.63) is 30.1 Å². The van der Waals surface area contributed by atoms with Gasteiger partial charge < -0.3 is 5.32 Å². The third kappa shape index (κ3) is 2.40. The molecule has 3 heteroatoms. The van der Waals surface area contributed by atoms with Crippen molar-refractivity contribution in [2.75, 3.05) is 5.32 Å². The van der Waals surface area contributed by atoms with E-state index in [1.165, 1.54) is 37.8 Å². The van der Waals surface area contributed by atoms with Crippen LogP contribution in [0.1, 0.15) is 32.1 Å². The number of carbonyl (C=O) groups is 1. The minimum Gasteiger partial charge on any atom is -0.326 e. The van der Waals surface area contributed by atoms with Crippen LogP contribution in [0.5, 0.6) is 0 Å². The van der Waals surface area contributed by atoms with Crippen molar-refractivity contribution in [2.24, 2.45) is 17.8 Å². The molecule has 1 N–H and O–H groups in total. The number of hydrogen-bond donors (Lipinski definition) is 1. The van der Waals surface area contributed by atoms with E-state index in [4.69, 9.17) is 0 Å². The van der Waals surface area contributed by atoms with Crippen LogP contribution in [-0.2, 0) is 4.79 Å². The minimum atomic E-state index is -0.312. The van der Waals surface area contributed by atoms with Crippen molar-refractivity contribution in [3.8, 4) is 0 Å². The summed E-state index contributed by atoms with van der Waals surface area (Å²) < 4.78 is 13.0. The summed E-state index contributed by atoms with van der Waals surface area (Å²) in [6.45, 7) is 0. The first-order valence-corrected chi connectivity index (χ1v) is 6.76. The smallest absolute Gasteiger partial charge is 0.224 e. The van der Waals surface area contributed by atoms with Gasteiger partial charge in [0.25, 0.3) is 0 Å². The van der Waals surface area contributed by atoms with E-state index in [0.717, 1.165) is 11.8 Å². The summed E-state index contributed by atoms with van der Waals surface area (Å²) in [7, 11) is 0. The predicted molar refractivity (Wildman–Crippen MR) is 68.6 cm³/mol. The lowest BCUT2D eigenvalue weighted by Crippen LogP contribution is -2.20. The molecule has 2 nitrogen and oxygen atoms in total. The third-order valence-electron chi connectivity index (χ3n) is 4.44. The molecular formula is C15H18FNO. The fourth-order valence-corrected chi connectivity index (χ4v) is 3.64. The number of fused-ring (bicyclic) bond motifs is 2. The van der Waals surface area contributed by atoms with E-state index in [1.54, 1.807) is 12.1 Å². The molecule has 96 valence electrons. The first kappa shape index (κ1) is 11.7. The molecule has 3 atom stereocenters. The van der Waals surface area contributed by atoms with Crippen LogP contribution in [0.2, 0.25) is 0 Å². The molecule has 0 unspecified atom stereocenters. The summed E-state index contributed by atoms with van der Waals surface area (Å²) in [5.74, 6) is 1.89. The van der Waals surface area contributed by atoms with Crippen LogP contribution < -0.4 is 5.32 Å². The number of anilines is 1. The van der Waals surface area contributed by atoms with Crippen LogP contribution in [0.4, 0.5) is 10.1 Å². The third-order valence-corrected chi connectivity index (χ3v) is 4.44. The Hall–Kier alpha value is -1.38. The maximum absolute atomic E-state index is 13.0. The van der Waals surface area contributed by atoms with Gasteiger partial charge in [-0.25, -0.2) is 4.39 Å². The second kappa shape index (κ2) is 4.71. The Morgan fingerprint density at radius 1 is 1.33 bits per heavy atom. The van der Waals surface area contributed by atoms with E-state index < -0.39 is 0 Å². The van der Waals surface area contributed by atoms with Crippen molar-refractivity contribution in [2.45, 2.75) is 32.1 Å². The highest BCUT2D eigenvalue weighted by molar-refractivity contribution is 5.90. The van der Waals surface area contributed by atoms with E-state index in [-0.39, 0.29) is 11.7 Å². The van der Waals surface area contributed by atoms with Gasteiger partial charge in [0.05, 0.1) is 0 Å². The molecule has 0 radical (unpaired) electrons. The zero-order chi connectivity index (χ0) is 12.5. The molecule has 0 saturated heterocycles. The number of amides is 1. The van der Waals surface area contributed by atoms with Crippen LogP contribution in [0, 0.1) is 23.6 Å². The van der Waals surface area contributed by atoms with Gasteiger partial charge in [-0.3, -0.25) is 4.79 Å². The fourth-order valence-electron chi connectivity index (χ4n) is 3.64. The van der Waals surface area contributed by atoms with Crippen molar-refractivity contribution < 1.29 is 9.18 Å². The van der Waals surface area contributed by atoms with Crippen molar-refractivity contribution in [1.29, 1.82) is 0 Å². The summed E-state index contributed by atoms with van der Waals surface area (Å²) in [6.07, 6.45) is 5.77. The van der Waals surface area contributed by atoms with Crippen molar-refractivity contribution >= 4 is 11.6 Å². The number of carbonyl (C=O) groups excluding carboxylic acids is 1. The Morgan fingerprint density at radius 3 is 2.89 bits per heavy atom. The molecule has 18 heavy (non-hydrogen) atoms. The second-order valence-corrected chi connectivity index (χ2v) is 5.70. The quantitative estimate of drug-likeness (QED) is 0.869. The summed E-state index contributed by atoms with van der Waals surface area (Å²) in [4.78, 5) is 11.9. The molecule has 0 heterocycles. The SMILES string of the molecule is O=C(C[C@@H]1C[C@@H]2CC[C@@H]1C2)Nc1cccc(F)c1. The molecule has 0 aliphatic heterocycles. The molecule has 1 aromatic carbocycles. The number of hydrogen-bond acceptors (Lipinski definition) is 1. The van der Waals surface area contributed by atoms with Crippen LogP contribution in [0.15, 0.2) is 24.3 Å². The number of benzene rings is 1. The molecule has 2 bridgehead atoms. The molecule has 2 aliphatic rings. The van der Waals surface area contributed by atoms with E-state index in [9.17, 15) is 9.18 Å². The van der Waals surface area contributed by atoms with Crippen LogP contribution >= 0.6 is 0 Å². The monoisotopic (exact) mass is 247 g/mol. The lowest BCUT2D eigenvalue weighted by molar-refractivity contribution is -0.117. The van der Waals surface area contributed by atoms with E-state index in [2.05, 4.69) is 5.32 Å². The summed E-state index contributed by atoms with van der Waals surface area (Å²) >= 11 is 0. The zero-order valence-electron chi connectivity index (χ0n) is 10.4. The fraction of sp³-hybridized carbons (Fsp3) is 0.533. The maximum atomic E-state index is 13.0. The number of nitrogens with one attached hydrogen (secondary N) is 1. The van der Waals surface area contributed by atoms with Gasteiger partial charge in [-0.15, -0.1) is 0 Å². The molecule has 0 spiro atoms. The first-order valence-electron chi connectivity index (χ1n) is 6.76. The zero-order valence-corrected chi connectivity index (χ0v) is 10.4. The Bertz CT molecular complexity index is 460. The van der Waals surface area contributed by atoms with Crippen LogP contribution in [0.25, 0.3) is 0 Å². The minimum absolute atomic E-state index is 0.0261. The summed E-state index contributed by atoms with van der Waals surface area (Å²) in [5.41, 5.74) is 0.558. The molecule has 1 aromatic rings. The Balaban J connectivity index is 1.56. The maximum Gasteiger partial charge on any atom is 0.224 e. The average molecular weight is 247 g/mol. The van der Waals surface area contributed by atoms with Crippen LogP contribution in [-0.4, -0.2) is 5.91 Å². The summed E-state index contributed by atoms with van der Waals surface area (Å²) in [5, 5.41) is 2.79. The molecule has 2 aliphatic carbocycles. The Labute approximate surface area is 107 Å². The first-order chi connectivity index (χ1) is 8.70. The highest BCUT2D eigenvalue weighted by Crippen LogP contribution is 2.49. The molecule has 2 saturated carbocycles. The lowest BCUT2D eigenvalue weighted by atomic mass is 9.86. The number of rotatable bonds is 3. The van der Waals surface area contributed by atoms with Gasteiger partial charge in [0.15, 0.2) is 0 Å². The standard InChI is InChI=1S/C15H18FNO/c16-13-2-1-3-14(9-13)17-15(18)8-12-7-10-4-5-11(12)6-10/h1-3,9-12H,4-8H2,(H,17,18)/t10-,11-,12+/m1/s1.